The van der Waals surface area contributed by atoms with E-state index < -0.39 is 24.7 Å². The number of aliphatic hydroxyl groups excluding tert-OH is 1. The van der Waals surface area contributed by atoms with Crippen molar-refractivity contribution < 1.29 is 24.2 Å². The number of urea groups is 1. The Morgan fingerprint density at radius 1 is 1.13 bits per heavy atom. The number of carbonyl (C=O) groups excluding carboxylic acids is 3. The van der Waals surface area contributed by atoms with Crippen LogP contribution in [0.1, 0.15) is 61.9 Å². The van der Waals surface area contributed by atoms with E-state index in [0.717, 1.165) is 37.7 Å². The maximum atomic E-state index is 13.7. The number of nitrogens with zero attached hydrogens (tertiary/aromatic N) is 2. The highest BCUT2D eigenvalue weighted by molar-refractivity contribution is 6.34. The fraction of sp³-hybridized carbons (Fsp3) is 0.483. The summed E-state index contributed by atoms with van der Waals surface area (Å²) >= 11 is 6.47. The van der Waals surface area contributed by atoms with Gasteiger partial charge in [-0.3, -0.25) is 9.59 Å². The molecule has 10 heteroatoms. The Morgan fingerprint density at radius 2 is 1.87 bits per heavy atom. The second-order valence-electron chi connectivity index (χ2n) is 10.1. The Morgan fingerprint density at radius 3 is 2.56 bits per heavy atom. The van der Waals surface area contributed by atoms with E-state index >= 15 is 0 Å². The molecule has 0 spiro atoms. The molecule has 0 aromatic heterocycles. The van der Waals surface area contributed by atoms with Crippen LogP contribution < -0.4 is 20.3 Å². The van der Waals surface area contributed by atoms with Crippen molar-refractivity contribution in [1.82, 2.24) is 15.5 Å². The number of hydrogen-bond acceptors (Lipinski definition) is 5. The monoisotopic (exact) mass is 556 g/mol. The molecular weight excluding hydrogens is 520 g/mol. The summed E-state index contributed by atoms with van der Waals surface area (Å²) < 4.78 is 5.49. The minimum absolute atomic E-state index is 0.0650. The van der Waals surface area contributed by atoms with Crippen molar-refractivity contribution in [2.45, 2.75) is 70.6 Å². The largest absolute Gasteiger partial charge is 0.494 e. The third-order valence-electron chi connectivity index (χ3n) is 7.34. The number of rotatable bonds is 7. The first-order valence-electron chi connectivity index (χ1n) is 13.6. The molecule has 0 bridgehead atoms. The maximum Gasteiger partial charge on any atom is 0.318 e. The van der Waals surface area contributed by atoms with Gasteiger partial charge in [0.15, 0.2) is 0 Å². The molecule has 1 aliphatic carbocycles. The molecule has 3 N–H and O–H groups in total. The Hall–Kier alpha value is -3.30. The molecule has 2 atom stereocenters. The molecule has 1 heterocycles. The van der Waals surface area contributed by atoms with Gasteiger partial charge in [-0.05, 0) is 56.5 Å². The van der Waals surface area contributed by atoms with Gasteiger partial charge in [0, 0.05) is 30.9 Å². The highest BCUT2D eigenvalue weighted by atomic mass is 35.5. The van der Waals surface area contributed by atoms with Crippen LogP contribution in [0.25, 0.3) is 0 Å². The number of halogens is 1. The first kappa shape index (κ1) is 28.7. The molecule has 1 unspecified atom stereocenters. The summed E-state index contributed by atoms with van der Waals surface area (Å²) in [5.74, 6) is -0.0928. The standard InChI is InChI=1S/C29H37ClN4O5/c1-3-39-22-13-14-23(24(30)15-22)28(37)34-16-19(2)33(17-20-9-7-8-12-26(20)34)29(38)32-25(18-35)27(36)31-21-10-5-4-6-11-21/h7-9,12-15,19,21,25,35H,3-6,10-11,16-18H2,1-2H3,(H,31,36)(H,32,38)/t19-,25?/m1/s1. The van der Waals surface area contributed by atoms with E-state index in [-0.39, 0.29) is 36.0 Å². The number of carbonyl (C=O) groups is 3. The second kappa shape index (κ2) is 13.2. The lowest BCUT2D eigenvalue weighted by atomic mass is 9.95. The third kappa shape index (κ3) is 6.83. The number of benzene rings is 2. The highest BCUT2D eigenvalue weighted by Gasteiger charge is 2.34. The van der Waals surface area contributed by atoms with E-state index in [1.807, 2.05) is 38.1 Å². The Kier molecular flexibility index (Phi) is 9.69. The SMILES string of the molecule is CCOc1ccc(C(=O)N2C[C@@H](C)N(C(=O)NC(CO)C(=O)NC3CCCCC3)Cc3ccccc32)c(Cl)c1. The molecule has 1 saturated carbocycles. The van der Waals surface area contributed by atoms with Gasteiger partial charge >= 0.3 is 6.03 Å². The third-order valence-corrected chi connectivity index (χ3v) is 7.65. The van der Waals surface area contributed by atoms with Crippen LogP contribution in [0.3, 0.4) is 0 Å². The van der Waals surface area contributed by atoms with Crippen molar-refractivity contribution >= 4 is 35.1 Å². The maximum absolute atomic E-state index is 13.7. The molecule has 0 radical (unpaired) electrons. The van der Waals surface area contributed by atoms with E-state index in [9.17, 15) is 19.5 Å². The number of fused-ring (bicyclic) bond motifs is 1. The number of para-hydroxylation sites is 1. The summed E-state index contributed by atoms with van der Waals surface area (Å²) in [5, 5.41) is 15.9. The van der Waals surface area contributed by atoms with E-state index in [2.05, 4.69) is 10.6 Å². The van der Waals surface area contributed by atoms with Gasteiger partial charge in [0.1, 0.15) is 11.8 Å². The lowest BCUT2D eigenvalue weighted by Crippen LogP contribution is -2.56. The number of hydrogen-bond donors (Lipinski definition) is 3. The zero-order chi connectivity index (χ0) is 27.9. The molecule has 1 aliphatic heterocycles. The fourth-order valence-electron chi connectivity index (χ4n) is 5.22. The van der Waals surface area contributed by atoms with Crippen LogP contribution in [0, 0.1) is 0 Å². The van der Waals surface area contributed by atoms with Crippen molar-refractivity contribution in [3.63, 3.8) is 0 Å². The number of anilines is 1. The molecule has 39 heavy (non-hydrogen) atoms. The second-order valence-corrected chi connectivity index (χ2v) is 10.5. The zero-order valence-electron chi connectivity index (χ0n) is 22.5. The van der Waals surface area contributed by atoms with Crippen LogP contribution in [-0.2, 0) is 11.3 Å². The van der Waals surface area contributed by atoms with Gasteiger partial charge in [0.2, 0.25) is 5.91 Å². The van der Waals surface area contributed by atoms with E-state index in [1.54, 1.807) is 28.0 Å². The smallest absolute Gasteiger partial charge is 0.318 e. The van der Waals surface area contributed by atoms with E-state index in [4.69, 9.17) is 16.3 Å². The molecule has 0 saturated heterocycles. The summed E-state index contributed by atoms with van der Waals surface area (Å²) in [5.41, 5.74) is 1.79. The Bertz CT molecular complexity index is 1190. The minimum Gasteiger partial charge on any atom is -0.494 e. The first-order chi connectivity index (χ1) is 18.8. The van der Waals surface area contributed by atoms with Crippen LogP contribution in [0.4, 0.5) is 10.5 Å². The Balaban J connectivity index is 1.52. The molecule has 2 aliphatic rings. The molecule has 210 valence electrons. The number of aliphatic hydroxyl groups is 1. The summed E-state index contributed by atoms with van der Waals surface area (Å²) in [6.45, 7) is 4.14. The lowest BCUT2D eigenvalue weighted by molar-refractivity contribution is -0.124. The van der Waals surface area contributed by atoms with Gasteiger partial charge in [0.25, 0.3) is 5.91 Å². The molecule has 2 aromatic rings. The number of nitrogens with one attached hydrogen (secondary N) is 2. The average molecular weight is 557 g/mol. The first-order valence-corrected chi connectivity index (χ1v) is 14.0. The van der Waals surface area contributed by atoms with Crippen molar-refractivity contribution in [2.75, 3.05) is 24.7 Å². The topological polar surface area (TPSA) is 111 Å². The number of ether oxygens (including phenoxy) is 1. The van der Waals surface area contributed by atoms with Crippen LogP contribution >= 0.6 is 11.6 Å². The summed E-state index contributed by atoms with van der Waals surface area (Å²) in [6.07, 6.45) is 5.08. The van der Waals surface area contributed by atoms with Crippen molar-refractivity contribution in [3.8, 4) is 5.75 Å². The molecule has 9 nitrogen and oxygen atoms in total. The van der Waals surface area contributed by atoms with Gasteiger partial charge in [-0.15, -0.1) is 0 Å². The average Bonchev–Trinajstić information content (AvgIpc) is 3.08. The van der Waals surface area contributed by atoms with Crippen LogP contribution in [0.5, 0.6) is 5.75 Å². The normalized spacial score (nSPS) is 18.5. The molecule has 2 aromatic carbocycles. The summed E-state index contributed by atoms with van der Waals surface area (Å²) in [4.78, 5) is 43.2. The predicted octanol–water partition coefficient (Wildman–Crippen LogP) is 4.11. The fourth-order valence-corrected chi connectivity index (χ4v) is 5.47. The lowest BCUT2D eigenvalue weighted by Gasteiger charge is -2.31. The zero-order valence-corrected chi connectivity index (χ0v) is 23.2. The highest BCUT2D eigenvalue weighted by Crippen LogP contribution is 2.31. The summed E-state index contributed by atoms with van der Waals surface area (Å²) in [6, 6.07) is 10.5. The Labute approximate surface area is 234 Å². The van der Waals surface area contributed by atoms with Crippen LogP contribution in [0.2, 0.25) is 5.02 Å². The quantitative estimate of drug-likeness (QED) is 0.475. The molecular formula is C29H37ClN4O5. The van der Waals surface area contributed by atoms with E-state index in [1.165, 1.54) is 0 Å². The van der Waals surface area contributed by atoms with Crippen molar-refractivity contribution in [3.05, 3.63) is 58.6 Å². The summed E-state index contributed by atoms with van der Waals surface area (Å²) in [7, 11) is 0. The van der Waals surface area contributed by atoms with E-state index in [0.29, 0.717) is 23.6 Å². The predicted molar refractivity (Wildman–Crippen MR) is 150 cm³/mol. The van der Waals surface area contributed by atoms with Crippen molar-refractivity contribution in [2.24, 2.45) is 0 Å². The van der Waals surface area contributed by atoms with Crippen LogP contribution in [-0.4, -0.2) is 65.7 Å². The molecule has 1 fully saturated rings. The molecule has 4 rings (SSSR count). The van der Waals surface area contributed by atoms with Gasteiger partial charge in [-0.2, -0.15) is 0 Å². The number of amides is 4. The molecule has 4 amide bonds. The van der Waals surface area contributed by atoms with Gasteiger partial charge < -0.3 is 30.3 Å². The van der Waals surface area contributed by atoms with Gasteiger partial charge in [-0.1, -0.05) is 49.1 Å². The van der Waals surface area contributed by atoms with Crippen LogP contribution in [0.15, 0.2) is 42.5 Å². The van der Waals surface area contributed by atoms with Gasteiger partial charge in [-0.25, -0.2) is 4.79 Å². The van der Waals surface area contributed by atoms with Crippen molar-refractivity contribution in [1.29, 1.82) is 0 Å². The minimum atomic E-state index is -1.06. The van der Waals surface area contributed by atoms with Gasteiger partial charge in [0.05, 0.1) is 23.8 Å².